The Balaban J connectivity index is 2.38. The van der Waals surface area contributed by atoms with Crippen LogP contribution in [0.2, 0.25) is 0 Å². The molecule has 1 aliphatic heterocycles. The maximum Gasteiger partial charge on any atom is 0.217 e. The summed E-state index contributed by atoms with van der Waals surface area (Å²) in [7, 11) is 0. The van der Waals surface area contributed by atoms with E-state index in [1.807, 2.05) is 13.8 Å². The second-order valence-electron chi connectivity index (χ2n) is 3.63. The van der Waals surface area contributed by atoms with Crippen molar-refractivity contribution in [3.63, 3.8) is 0 Å². The van der Waals surface area contributed by atoms with Crippen LogP contribution in [0.15, 0.2) is 0 Å². The van der Waals surface area contributed by atoms with Crippen LogP contribution < -0.4 is 5.32 Å². The fourth-order valence-corrected chi connectivity index (χ4v) is 1.81. The van der Waals surface area contributed by atoms with Gasteiger partial charge in [-0.25, -0.2) is 0 Å². The topological polar surface area (TPSA) is 38.3 Å². The molecule has 1 amide bonds. The largest absolute Gasteiger partial charge is 0.375 e. The summed E-state index contributed by atoms with van der Waals surface area (Å²) >= 11 is 0. The van der Waals surface area contributed by atoms with Crippen molar-refractivity contribution < 1.29 is 9.53 Å². The highest BCUT2D eigenvalue weighted by Crippen LogP contribution is 2.18. The smallest absolute Gasteiger partial charge is 0.217 e. The van der Waals surface area contributed by atoms with Crippen molar-refractivity contribution in [3.05, 3.63) is 0 Å². The first-order chi connectivity index (χ1) is 5.58. The zero-order valence-electron chi connectivity index (χ0n) is 7.96. The van der Waals surface area contributed by atoms with Crippen LogP contribution in [0.1, 0.15) is 33.6 Å². The minimum absolute atomic E-state index is 0.0568. The summed E-state index contributed by atoms with van der Waals surface area (Å²) < 4.78 is 5.55. The third-order valence-electron chi connectivity index (χ3n) is 2.10. The van der Waals surface area contributed by atoms with Crippen molar-refractivity contribution in [1.82, 2.24) is 5.32 Å². The molecule has 3 nitrogen and oxygen atoms in total. The first kappa shape index (κ1) is 9.52. The van der Waals surface area contributed by atoms with E-state index in [-0.39, 0.29) is 18.1 Å². The Morgan fingerprint density at radius 1 is 1.33 bits per heavy atom. The Morgan fingerprint density at radius 3 is 2.25 bits per heavy atom. The van der Waals surface area contributed by atoms with E-state index in [9.17, 15) is 4.79 Å². The highest BCUT2D eigenvalue weighted by molar-refractivity contribution is 5.73. The van der Waals surface area contributed by atoms with E-state index < -0.39 is 0 Å². The molecule has 2 unspecified atom stereocenters. The highest BCUT2D eigenvalue weighted by atomic mass is 16.5. The molecule has 3 heteroatoms. The molecule has 1 heterocycles. The van der Waals surface area contributed by atoms with Gasteiger partial charge in [-0.05, 0) is 26.7 Å². The predicted molar refractivity (Wildman–Crippen MR) is 46.8 cm³/mol. The van der Waals surface area contributed by atoms with Crippen LogP contribution in [-0.4, -0.2) is 24.2 Å². The first-order valence-electron chi connectivity index (χ1n) is 4.50. The number of hydrogen-bond donors (Lipinski definition) is 1. The number of nitrogens with one attached hydrogen (secondary N) is 1. The zero-order valence-corrected chi connectivity index (χ0v) is 7.96. The van der Waals surface area contributed by atoms with E-state index in [0.717, 1.165) is 12.8 Å². The summed E-state index contributed by atoms with van der Waals surface area (Å²) in [6, 6.07) is 0.307. The number of rotatable bonds is 1. The molecular formula is C9H17NO2. The van der Waals surface area contributed by atoms with E-state index in [1.165, 1.54) is 0 Å². The second-order valence-corrected chi connectivity index (χ2v) is 3.63. The van der Waals surface area contributed by atoms with Crippen LogP contribution in [0.4, 0.5) is 0 Å². The first-order valence-corrected chi connectivity index (χ1v) is 4.50. The normalized spacial score (nSPS) is 36.1. The van der Waals surface area contributed by atoms with Gasteiger partial charge in [0.15, 0.2) is 0 Å². The van der Waals surface area contributed by atoms with Crippen LogP contribution >= 0.6 is 0 Å². The van der Waals surface area contributed by atoms with Gasteiger partial charge >= 0.3 is 0 Å². The maximum absolute atomic E-state index is 10.8. The lowest BCUT2D eigenvalue weighted by Gasteiger charge is -2.32. The number of hydrogen-bond acceptors (Lipinski definition) is 2. The predicted octanol–water partition coefficient (Wildman–Crippen LogP) is 1.08. The minimum Gasteiger partial charge on any atom is -0.375 e. The standard InChI is InChI=1S/C9H17NO2/c1-6-4-9(10-8(3)11)5-7(2)12-6/h6-7,9H,4-5H2,1-3H3,(H,10,11). The van der Waals surface area contributed by atoms with Gasteiger partial charge in [0.1, 0.15) is 0 Å². The van der Waals surface area contributed by atoms with Crippen LogP contribution in [0, 0.1) is 0 Å². The number of carbonyl (C=O) groups is 1. The molecule has 70 valence electrons. The average Bonchev–Trinajstić information content (AvgIpc) is 1.81. The molecule has 0 aliphatic carbocycles. The molecule has 0 aromatic rings. The van der Waals surface area contributed by atoms with E-state index in [2.05, 4.69) is 5.32 Å². The SMILES string of the molecule is CC(=O)NC1CC(C)OC(C)C1. The van der Waals surface area contributed by atoms with Crippen LogP contribution in [0.3, 0.4) is 0 Å². The van der Waals surface area contributed by atoms with Crippen LogP contribution in [-0.2, 0) is 9.53 Å². The molecule has 1 N–H and O–H groups in total. The van der Waals surface area contributed by atoms with Gasteiger partial charge in [0, 0.05) is 13.0 Å². The average molecular weight is 171 g/mol. The fourth-order valence-electron chi connectivity index (χ4n) is 1.81. The summed E-state index contributed by atoms with van der Waals surface area (Å²) in [6.45, 7) is 5.65. The van der Waals surface area contributed by atoms with Gasteiger partial charge in [0.2, 0.25) is 5.91 Å². The molecular weight excluding hydrogens is 154 g/mol. The van der Waals surface area contributed by atoms with Crippen molar-refractivity contribution in [2.45, 2.75) is 51.9 Å². The zero-order chi connectivity index (χ0) is 9.14. The van der Waals surface area contributed by atoms with E-state index in [1.54, 1.807) is 6.92 Å². The van der Waals surface area contributed by atoms with E-state index in [4.69, 9.17) is 4.74 Å². The van der Waals surface area contributed by atoms with Gasteiger partial charge in [-0.15, -0.1) is 0 Å². The maximum atomic E-state index is 10.8. The third-order valence-corrected chi connectivity index (χ3v) is 2.10. The van der Waals surface area contributed by atoms with Crippen LogP contribution in [0.5, 0.6) is 0 Å². The molecule has 1 aliphatic rings. The summed E-state index contributed by atoms with van der Waals surface area (Å²) in [6.07, 6.45) is 2.41. The Bertz CT molecular complexity index is 160. The van der Waals surface area contributed by atoms with Gasteiger partial charge in [-0.3, -0.25) is 4.79 Å². The van der Waals surface area contributed by atoms with Gasteiger partial charge in [0.25, 0.3) is 0 Å². The fraction of sp³-hybridized carbons (Fsp3) is 0.889. The molecule has 0 saturated carbocycles. The molecule has 0 spiro atoms. The highest BCUT2D eigenvalue weighted by Gasteiger charge is 2.24. The molecule has 12 heavy (non-hydrogen) atoms. The minimum atomic E-state index is 0.0568. The molecule has 0 aromatic heterocycles. The quantitative estimate of drug-likeness (QED) is 0.641. The third kappa shape index (κ3) is 2.81. The van der Waals surface area contributed by atoms with E-state index >= 15 is 0 Å². The Labute approximate surface area is 73.5 Å². The molecule has 2 atom stereocenters. The summed E-state index contributed by atoms with van der Waals surface area (Å²) in [5.74, 6) is 0.0568. The van der Waals surface area contributed by atoms with Crippen LogP contribution in [0.25, 0.3) is 0 Å². The van der Waals surface area contributed by atoms with Crippen molar-refractivity contribution >= 4 is 5.91 Å². The number of carbonyl (C=O) groups excluding carboxylic acids is 1. The van der Waals surface area contributed by atoms with Crippen molar-refractivity contribution in [2.24, 2.45) is 0 Å². The number of ether oxygens (including phenoxy) is 1. The summed E-state index contributed by atoms with van der Waals surface area (Å²) in [5.41, 5.74) is 0. The Hall–Kier alpha value is -0.570. The summed E-state index contributed by atoms with van der Waals surface area (Å²) in [4.78, 5) is 10.8. The molecule has 0 aromatic carbocycles. The molecule has 1 fully saturated rings. The summed E-state index contributed by atoms with van der Waals surface area (Å²) in [5, 5.41) is 2.92. The Morgan fingerprint density at radius 2 is 1.83 bits per heavy atom. The lowest BCUT2D eigenvalue weighted by Crippen LogP contribution is -2.43. The molecule has 0 radical (unpaired) electrons. The van der Waals surface area contributed by atoms with Crippen molar-refractivity contribution in [2.75, 3.05) is 0 Å². The van der Waals surface area contributed by atoms with Gasteiger partial charge in [-0.2, -0.15) is 0 Å². The molecule has 0 bridgehead atoms. The van der Waals surface area contributed by atoms with E-state index in [0.29, 0.717) is 6.04 Å². The van der Waals surface area contributed by atoms with Gasteiger partial charge in [-0.1, -0.05) is 0 Å². The Kier molecular flexibility index (Phi) is 3.09. The monoisotopic (exact) mass is 171 g/mol. The number of amides is 1. The van der Waals surface area contributed by atoms with Crippen molar-refractivity contribution in [3.8, 4) is 0 Å². The molecule has 1 rings (SSSR count). The van der Waals surface area contributed by atoms with Crippen molar-refractivity contribution in [1.29, 1.82) is 0 Å². The molecule has 1 saturated heterocycles. The lowest BCUT2D eigenvalue weighted by molar-refractivity contribution is -0.121. The van der Waals surface area contributed by atoms with Gasteiger partial charge < -0.3 is 10.1 Å². The van der Waals surface area contributed by atoms with Gasteiger partial charge in [0.05, 0.1) is 12.2 Å². The lowest BCUT2D eigenvalue weighted by atomic mass is 10.00. The second kappa shape index (κ2) is 3.90.